The van der Waals surface area contributed by atoms with Crippen LogP contribution in [0.2, 0.25) is 0 Å². The monoisotopic (exact) mass is 520 g/mol. The number of amides is 2. The van der Waals surface area contributed by atoms with Crippen LogP contribution in [-0.4, -0.2) is 53.9 Å². The fraction of sp³-hybridized carbons (Fsp3) is 0.241. The molecule has 0 atom stereocenters. The van der Waals surface area contributed by atoms with E-state index in [1.54, 1.807) is 56.7 Å². The van der Waals surface area contributed by atoms with Crippen LogP contribution in [0.1, 0.15) is 21.5 Å². The van der Waals surface area contributed by atoms with Crippen LogP contribution in [0, 0.1) is 0 Å². The third-order valence-electron chi connectivity index (χ3n) is 5.73. The Bertz CT molecular complexity index is 1300. The molecule has 3 aromatic rings. The first kappa shape index (κ1) is 27.9. The van der Waals surface area contributed by atoms with Crippen molar-refractivity contribution in [3.05, 3.63) is 77.4 Å². The van der Waals surface area contributed by atoms with E-state index in [9.17, 15) is 9.59 Å². The van der Waals surface area contributed by atoms with E-state index in [0.717, 1.165) is 5.56 Å². The fourth-order valence-electron chi connectivity index (χ4n) is 3.84. The number of carbonyl (C=O) groups excluding carboxylic acids is 2. The van der Waals surface area contributed by atoms with Gasteiger partial charge in [-0.2, -0.15) is 0 Å². The predicted molar refractivity (Wildman–Crippen MR) is 146 cm³/mol. The van der Waals surface area contributed by atoms with Gasteiger partial charge in [0.2, 0.25) is 11.7 Å². The molecule has 3 aromatic carbocycles. The third kappa shape index (κ3) is 6.76. The Balaban J connectivity index is 1.66. The maximum absolute atomic E-state index is 12.9. The lowest BCUT2D eigenvalue weighted by atomic mass is 10.1. The van der Waals surface area contributed by atoms with Gasteiger partial charge in [-0.05, 0) is 54.5 Å². The van der Waals surface area contributed by atoms with Crippen molar-refractivity contribution in [3.63, 3.8) is 0 Å². The first-order valence-corrected chi connectivity index (χ1v) is 11.8. The molecule has 0 aromatic heterocycles. The van der Waals surface area contributed by atoms with Crippen molar-refractivity contribution in [1.29, 1.82) is 0 Å². The van der Waals surface area contributed by atoms with E-state index in [4.69, 9.17) is 23.7 Å². The maximum atomic E-state index is 12.9. The lowest BCUT2D eigenvalue weighted by Crippen LogP contribution is -2.27. The first-order valence-electron chi connectivity index (χ1n) is 11.8. The number of hydrogen-bond donors (Lipinski definition) is 2. The zero-order valence-corrected chi connectivity index (χ0v) is 22.1. The molecular formula is C29H32N2O7. The molecule has 0 aliphatic rings. The van der Waals surface area contributed by atoms with Crippen molar-refractivity contribution in [3.8, 4) is 28.7 Å². The molecule has 0 radical (unpaired) electrons. The molecule has 38 heavy (non-hydrogen) atoms. The highest BCUT2D eigenvalue weighted by atomic mass is 16.5. The van der Waals surface area contributed by atoms with Gasteiger partial charge in [0.05, 0.1) is 46.8 Å². The normalized spacial score (nSPS) is 10.6. The number of benzene rings is 3. The smallest absolute Gasteiger partial charge is 0.253 e. The highest BCUT2D eigenvalue weighted by Gasteiger charge is 2.15. The molecule has 9 nitrogen and oxygen atoms in total. The van der Waals surface area contributed by atoms with Crippen LogP contribution in [0.5, 0.6) is 28.7 Å². The molecule has 9 heteroatoms. The molecule has 0 saturated carbocycles. The van der Waals surface area contributed by atoms with E-state index >= 15 is 0 Å². The van der Waals surface area contributed by atoms with Gasteiger partial charge >= 0.3 is 0 Å². The van der Waals surface area contributed by atoms with Gasteiger partial charge in [0.15, 0.2) is 23.0 Å². The molecule has 0 heterocycles. The second-order valence-corrected chi connectivity index (χ2v) is 7.99. The first-order chi connectivity index (χ1) is 18.4. The van der Waals surface area contributed by atoms with Gasteiger partial charge < -0.3 is 34.3 Å². The molecule has 0 unspecified atom stereocenters. The van der Waals surface area contributed by atoms with Crippen molar-refractivity contribution in [2.45, 2.75) is 6.42 Å². The van der Waals surface area contributed by atoms with E-state index in [2.05, 4.69) is 10.6 Å². The van der Waals surface area contributed by atoms with Crippen LogP contribution < -0.4 is 34.3 Å². The average molecular weight is 521 g/mol. The molecule has 0 spiro atoms. The summed E-state index contributed by atoms with van der Waals surface area (Å²) < 4.78 is 26.7. The van der Waals surface area contributed by atoms with Crippen LogP contribution >= 0.6 is 0 Å². The number of methoxy groups -OCH3 is 5. The van der Waals surface area contributed by atoms with Gasteiger partial charge in [-0.25, -0.2) is 0 Å². The summed E-state index contributed by atoms with van der Waals surface area (Å²) in [4.78, 5) is 25.6. The average Bonchev–Trinajstić information content (AvgIpc) is 2.95. The summed E-state index contributed by atoms with van der Waals surface area (Å²) >= 11 is 0. The zero-order chi connectivity index (χ0) is 27.5. The van der Waals surface area contributed by atoms with Gasteiger partial charge in [0.1, 0.15) is 0 Å². The second-order valence-electron chi connectivity index (χ2n) is 7.99. The van der Waals surface area contributed by atoms with Crippen molar-refractivity contribution in [1.82, 2.24) is 5.32 Å². The van der Waals surface area contributed by atoms with E-state index in [0.29, 0.717) is 58.5 Å². The Labute approximate surface area is 222 Å². The minimum Gasteiger partial charge on any atom is -0.493 e. The van der Waals surface area contributed by atoms with Crippen LogP contribution in [0.25, 0.3) is 6.08 Å². The van der Waals surface area contributed by atoms with E-state index < -0.39 is 5.91 Å². The van der Waals surface area contributed by atoms with Crippen molar-refractivity contribution < 1.29 is 33.3 Å². The summed E-state index contributed by atoms with van der Waals surface area (Å²) in [6.07, 6.45) is 3.55. The number of anilines is 1. The maximum Gasteiger partial charge on any atom is 0.253 e. The Morgan fingerprint density at radius 2 is 1.45 bits per heavy atom. The van der Waals surface area contributed by atoms with Gasteiger partial charge in [-0.1, -0.05) is 18.2 Å². The van der Waals surface area contributed by atoms with Gasteiger partial charge in [0, 0.05) is 18.2 Å². The minimum absolute atomic E-state index is 0.299. The van der Waals surface area contributed by atoms with Gasteiger partial charge in [-0.15, -0.1) is 0 Å². The highest BCUT2D eigenvalue weighted by molar-refractivity contribution is 6.07. The molecule has 2 N–H and O–H groups in total. The number of hydrogen-bond acceptors (Lipinski definition) is 7. The Morgan fingerprint density at radius 1 is 0.763 bits per heavy atom. The number of ether oxygens (including phenoxy) is 5. The molecule has 3 rings (SSSR count). The van der Waals surface area contributed by atoms with Gasteiger partial charge in [-0.3, -0.25) is 9.59 Å². The van der Waals surface area contributed by atoms with E-state index in [1.165, 1.54) is 27.4 Å². The lowest BCUT2D eigenvalue weighted by molar-refractivity contribution is -0.111. The summed E-state index contributed by atoms with van der Waals surface area (Å²) in [5.74, 6) is 1.93. The van der Waals surface area contributed by atoms with E-state index in [-0.39, 0.29) is 5.91 Å². The zero-order valence-electron chi connectivity index (χ0n) is 22.1. The Hall–Kier alpha value is -4.66. The van der Waals surface area contributed by atoms with Gasteiger partial charge in [0.25, 0.3) is 5.91 Å². The number of nitrogens with one attached hydrogen (secondary N) is 2. The fourth-order valence-corrected chi connectivity index (χ4v) is 3.84. The molecule has 0 saturated heterocycles. The summed E-state index contributed by atoms with van der Waals surface area (Å²) in [5, 5.41) is 5.67. The highest BCUT2D eigenvalue weighted by Crippen LogP contribution is 2.40. The standard InChI is InChI=1S/C29H32N2O7/c1-34-23-13-10-19(18-25(23)36-3)16-17-30-29(33)21-8-6-7-9-22(21)31-26(32)15-12-20-11-14-24(35-2)28(38-5)27(20)37-4/h6-15,18H,16-17H2,1-5H3,(H,30,33)(H,31,32)/b15-12+. The summed E-state index contributed by atoms with van der Waals surface area (Å²) in [6, 6.07) is 15.9. The topological polar surface area (TPSA) is 104 Å². The minimum atomic E-state index is -0.410. The number of para-hydroxylation sites is 1. The lowest BCUT2D eigenvalue weighted by Gasteiger charge is -2.14. The Morgan fingerprint density at radius 3 is 2.13 bits per heavy atom. The predicted octanol–water partition coefficient (Wildman–Crippen LogP) is 4.35. The molecular weight excluding hydrogens is 488 g/mol. The van der Waals surface area contributed by atoms with Crippen LogP contribution in [0.15, 0.2) is 60.7 Å². The second kappa shape index (κ2) is 13.6. The quantitative estimate of drug-likeness (QED) is 0.342. The molecule has 200 valence electrons. The molecule has 0 bridgehead atoms. The Kier molecular flexibility index (Phi) is 9.99. The summed E-state index contributed by atoms with van der Waals surface area (Å²) in [7, 11) is 7.71. The van der Waals surface area contributed by atoms with Crippen molar-refractivity contribution in [2.75, 3.05) is 47.4 Å². The SMILES string of the molecule is COc1ccc(CCNC(=O)c2ccccc2NC(=O)/C=C/c2ccc(OC)c(OC)c2OC)cc1OC. The molecule has 0 aliphatic heterocycles. The number of rotatable bonds is 12. The molecule has 0 aliphatic carbocycles. The van der Waals surface area contributed by atoms with E-state index in [1.807, 2.05) is 18.2 Å². The summed E-state index contributed by atoms with van der Waals surface area (Å²) in [6.45, 7) is 0.398. The summed E-state index contributed by atoms with van der Waals surface area (Å²) in [5.41, 5.74) is 2.36. The molecule has 2 amide bonds. The van der Waals surface area contributed by atoms with Crippen LogP contribution in [0.3, 0.4) is 0 Å². The molecule has 0 fully saturated rings. The van der Waals surface area contributed by atoms with Crippen molar-refractivity contribution in [2.24, 2.45) is 0 Å². The third-order valence-corrected chi connectivity index (χ3v) is 5.73. The van der Waals surface area contributed by atoms with Crippen LogP contribution in [-0.2, 0) is 11.2 Å². The van der Waals surface area contributed by atoms with Crippen molar-refractivity contribution >= 4 is 23.6 Å². The largest absolute Gasteiger partial charge is 0.493 e. The number of carbonyl (C=O) groups is 2. The van der Waals surface area contributed by atoms with Crippen LogP contribution in [0.4, 0.5) is 5.69 Å².